The van der Waals surface area contributed by atoms with E-state index >= 15 is 0 Å². The maximum atomic E-state index is 12.7. The summed E-state index contributed by atoms with van der Waals surface area (Å²) in [6.45, 7) is 6.38. The molecule has 154 valence electrons. The highest BCUT2D eigenvalue weighted by Gasteiger charge is 2.29. The quantitative estimate of drug-likeness (QED) is 0.636. The van der Waals surface area contributed by atoms with Gasteiger partial charge < -0.3 is 10.6 Å². The van der Waals surface area contributed by atoms with Crippen molar-refractivity contribution in [3.8, 4) is 0 Å². The van der Waals surface area contributed by atoms with E-state index in [9.17, 15) is 9.59 Å². The molecule has 0 spiro atoms. The predicted molar refractivity (Wildman–Crippen MR) is 117 cm³/mol. The van der Waals surface area contributed by atoms with Gasteiger partial charge in [-0.3, -0.25) is 14.5 Å². The highest BCUT2D eigenvalue weighted by Crippen LogP contribution is 2.30. The van der Waals surface area contributed by atoms with Gasteiger partial charge in [-0.1, -0.05) is 43.6 Å². The lowest BCUT2D eigenvalue weighted by Crippen LogP contribution is -2.38. The number of anilines is 1. The molecule has 5 nitrogen and oxygen atoms in total. The molecule has 1 aliphatic rings. The largest absolute Gasteiger partial charge is 0.350 e. The molecule has 1 atom stereocenters. The summed E-state index contributed by atoms with van der Waals surface area (Å²) in [5.74, 6) is 0.0677. The van der Waals surface area contributed by atoms with Gasteiger partial charge >= 0.3 is 0 Å². The van der Waals surface area contributed by atoms with E-state index in [0.717, 1.165) is 37.2 Å². The van der Waals surface area contributed by atoms with Gasteiger partial charge in [0.15, 0.2) is 0 Å². The number of benzene rings is 2. The Hall–Kier alpha value is -2.37. The van der Waals surface area contributed by atoms with Crippen LogP contribution in [0, 0.1) is 5.92 Å². The van der Waals surface area contributed by atoms with Crippen molar-refractivity contribution in [3.63, 3.8) is 0 Å². The number of nitrogens with one attached hydrogen (secondary N) is 2. The van der Waals surface area contributed by atoms with Crippen LogP contribution in [0.2, 0.25) is 5.02 Å². The third kappa shape index (κ3) is 5.58. The van der Waals surface area contributed by atoms with Crippen molar-refractivity contribution in [1.82, 2.24) is 10.2 Å². The van der Waals surface area contributed by atoms with Gasteiger partial charge in [0.05, 0.1) is 6.04 Å². The van der Waals surface area contributed by atoms with Gasteiger partial charge in [-0.05, 0) is 61.8 Å². The maximum Gasteiger partial charge on any atom is 0.251 e. The number of hydrogen-bond acceptors (Lipinski definition) is 3. The Morgan fingerprint density at radius 1 is 1.07 bits per heavy atom. The second kappa shape index (κ2) is 9.90. The zero-order chi connectivity index (χ0) is 20.8. The van der Waals surface area contributed by atoms with Crippen LogP contribution >= 0.6 is 11.6 Å². The Labute approximate surface area is 177 Å². The number of likely N-dealkylation sites (N-methyl/N-ethyl adjacent to an activating group) is 1. The van der Waals surface area contributed by atoms with Crippen LogP contribution in [0.25, 0.3) is 0 Å². The fraction of sp³-hybridized carbons (Fsp3) is 0.391. The topological polar surface area (TPSA) is 61.4 Å². The van der Waals surface area contributed by atoms with Crippen LogP contribution in [0.4, 0.5) is 5.69 Å². The second-order valence-electron chi connectivity index (χ2n) is 7.31. The number of halogens is 1. The Balaban J connectivity index is 1.64. The molecule has 0 saturated heterocycles. The van der Waals surface area contributed by atoms with Gasteiger partial charge in [0, 0.05) is 28.7 Å². The molecule has 0 radical (unpaired) electrons. The zero-order valence-electron chi connectivity index (χ0n) is 17.0. The molecule has 2 amide bonds. The molecule has 2 aromatic rings. The van der Waals surface area contributed by atoms with Crippen LogP contribution in [0.3, 0.4) is 0 Å². The van der Waals surface area contributed by atoms with Crippen molar-refractivity contribution in [2.24, 2.45) is 5.92 Å². The maximum absolute atomic E-state index is 12.7. The third-order valence-electron chi connectivity index (χ3n) is 5.34. The van der Waals surface area contributed by atoms with Crippen LogP contribution in [0.1, 0.15) is 48.7 Å². The van der Waals surface area contributed by atoms with Gasteiger partial charge in [-0.15, -0.1) is 0 Å². The fourth-order valence-corrected chi connectivity index (χ4v) is 3.69. The summed E-state index contributed by atoms with van der Waals surface area (Å²) >= 11 is 6.42. The molecular weight excluding hydrogens is 386 g/mol. The van der Waals surface area contributed by atoms with Gasteiger partial charge in [0.1, 0.15) is 0 Å². The number of amides is 2. The van der Waals surface area contributed by atoms with Crippen LogP contribution in [0.15, 0.2) is 48.5 Å². The van der Waals surface area contributed by atoms with Crippen molar-refractivity contribution in [2.45, 2.75) is 32.7 Å². The fourth-order valence-electron chi connectivity index (χ4n) is 3.43. The minimum absolute atomic E-state index is 0.000229. The first-order valence-corrected chi connectivity index (χ1v) is 10.6. The van der Waals surface area contributed by atoms with E-state index in [2.05, 4.69) is 29.4 Å². The Kier molecular flexibility index (Phi) is 7.29. The molecule has 0 bridgehead atoms. The average Bonchev–Trinajstić information content (AvgIpc) is 3.58. The van der Waals surface area contributed by atoms with Crippen LogP contribution in [0.5, 0.6) is 0 Å². The van der Waals surface area contributed by atoms with Gasteiger partial charge in [0.2, 0.25) is 5.91 Å². The summed E-state index contributed by atoms with van der Waals surface area (Å²) in [4.78, 5) is 26.8. The molecule has 2 aromatic carbocycles. The summed E-state index contributed by atoms with van der Waals surface area (Å²) < 4.78 is 0. The average molecular weight is 414 g/mol. The first-order valence-electron chi connectivity index (χ1n) is 10.2. The van der Waals surface area contributed by atoms with Crippen molar-refractivity contribution >= 4 is 29.1 Å². The van der Waals surface area contributed by atoms with Crippen molar-refractivity contribution in [3.05, 3.63) is 64.7 Å². The first-order chi connectivity index (χ1) is 14.0. The number of rotatable bonds is 9. The second-order valence-corrected chi connectivity index (χ2v) is 7.72. The van der Waals surface area contributed by atoms with Crippen LogP contribution < -0.4 is 10.6 Å². The molecule has 0 aliphatic heterocycles. The summed E-state index contributed by atoms with van der Waals surface area (Å²) in [6, 6.07) is 14.8. The van der Waals surface area contributed by atoms with E-state index in [1.165, 1.54) is 0 Å². The standard InChI is InChI=1S/C23H28ClN3O2/c1-3-27(4-2)21(19-7-5-6-8-20(19)24)15-25-22(28)16-11-13-18(14-12-16)26-23(29)17-9-10-17/h5-8,11-14,17,21H,3-4,9-10,15H2,1-2H3,(H,25,28)(H,26,29). The van der Waals surface area contributed by atoms with E-state index in [-0.39, 0.29) is 23.8 Å². The molecule has 1 saturated carbocycles. The Bertz CT molecular complexity index is 845. The van der Waals surface area contributed by atoms with Crippen LogP contribution in [-0.2, 0) is 4.79 Å². The molecular formula is C23H28ClN3O2. The Morgan fingerprint density at radius 2 is 1.72 bits per heavy atom. The smallest absolute Gasteiger partial charge is 0.251 e. The summed E-state index contributed by atoms with van der Waals surface area (Å²) in [5, 5.41) is 6.63. The van der Waals surface area contributed by atoms with E-state index < -0.39 is 0 Å². The number of carbonyl (C=O) groups excluding carboxylic acids is 2. The molecule has 0 heterocycles. The molecule has 0 aromatic heterocycles. The summed E-state index contributed by atoms with van der Waals surface area (Å²) in [7, 11) is 0. The molecule has 3 rings (SSSR count). The minimum atomic E-state index is -0.144. The SMILES string of the molecule is CCN(CC)C(CNC(=O)c1ccc(NC(=O)C2CC2)cc1)c1ccccc1Cl. The highest BCUT2D eigenvalue weighted by molar-refractivity contribution is 6.31. The van der Waals surface area contributed by atoms with E-state index in [4.69, 9.17) is 11.6 Å². The molecule has 6 heteroatoms. The first kappa shape index (κ1) is 21.3. The lowest BCUT2D eigenvalue weighted by Gasteiger charge is -2.31. The predicted octanol–water partition coefficient (Wildman–Crippen LogP) is 4.50. The molecule has 2 N–H and O–H groups in total. The third-order valence-corrected chi connectivity index (χ3v) is 5.68. The van der Waals surface area contributed by atoms with E-state index in [1.54, 1.807) is 24.3 Å². The van der Waals surface area contributed by atoms with E-state index in [0.29, 0.717) is 17.1 Å². The number of nitrogens with zero attached hydrogens (tertiary/aromatic N) is 1. The number of hydrogen-bond donors (Lipinski definition) is 2. The van der Waals surface area contributed by atoms with E-state index in [1.807, 2.05) is 24.3 Å². The number of carbonyl (C=O) groups is 2. The van der Waals surface area contributed by atoms with Crippen molar-refractivity contribution < 1.29 is 9.59 Å². The van der Waals surface area contributed by atoms with Crippen molar-refractivity contribution in [2.75, 3.05) is 25.0 Å². The van der Waals surface area contributed by atoms with Crippen LogP contribution in [-0.4, -0.2) is 36.3 Å². The van der Waals surface area contributed by atoms with Gasteiger partial charge in [-0.25, -0.2) is 0 Å². The molecule has 1 aliphatic carbocycles. The Morgan fingerprint density at radius 3 is 2.31 bits per heavy atom. The molecule has 29 heavy (non-hydrogen) atoms. The molecule has 1 fully saturated rings. The summed E-state index contributed by atoms with van der Waals surface area (Å²) in [6.07, 6.45) is 1.93. The van der Waals surface area contributed by atoms with Crippen molar-refractivity contribution in [1.29, 1.82) is 0 Å². The monoisotopic (exact) mass is 413 g/mol. The lowest BCUT2D eigenvalue weighted by atomic mass is 10.0. The molecule has 1 unspecified atom stereocenters. The lowest BCUT2D eigenvalue weighted by molar-refractivity contribution is -0.117. The highest BCUT2D eigenvalue weighted by atomic mass is 35.5. The zero-order valence-corrected chi connectivity index (χ0v) is 17.7. The normalized spacial score (nSPS) is 14.5. The van der Waals surface area contributed by atoms with Gasteiger partial charge in [-0.2, -0.15) is 0 Å². The van der Waals surface area contributed by atoms with Gasteiger partial charge in [0.25, 0.3) is 5.91 Å². The minimum Gasteiger partial charge on any atom is -0.350 e. The summed E-state index contributed by atoms with van der Waals surface area (Å²) in [5.41, 5.74) is 2.29.